The van der Waals surface area contributed by atoms with Crippen LogP contribution in [0.3, 0.4) is 0 Å². The number of rotatable bonds is 6. The van der Waals surface area contributed by atoms with Gasteiger partial charge in [0, 0.05) is 7.11 Å². The lowest BCUT2D eigenvalue weighted by molar-refractivity contribution is -0.138. The van der Waals surface area contributed by atoms with Crippen LogP contribution in [0.25, 0.3) is 0 Å². The molecule has 0 aromatic heterocycles. The number of carboxylic acids is 1. The summed E-state index contributed by atoms with van der Waals surface area (Å²) in [6, 6.07) is 0. The molecule has 0 aromatic rings. The number of methoxy groups -OCH3 is 1. The molecule has 0 amide bonds. The van der Waals surface area contributed by atoms with E-state index in [9.17, 15) is 13.2 Å². The third-order valence-corrected chi connectivity index (χ3v) is 3.95. The van der Waals surface area contributed by atoms with Crippen molar-refractivity contribution in [2.45, 2.75) is 19.3 Å². The molecule has 1 saturated carbocycles. The van der Waals surface area contributed by atoms with E-state index in [1.807, 2.05) is 0 Å². The summed E-state index contributed by atoms with van der Waals surface area (Å²) in [5.41, 5.74) is -0.511. The Balaban J connectivity index is 2.55. The number of carbonyl (C=O) groups is 1. The first-order chi connectivity index (χ1) is 6.39. The molecule has 0 bridgehead atoms. The summed E-state index contributed by atoms with van der Waals surface area (Å²) in [7, 11) is -1.94. The maximum atomic E-state index is 11.3. The van der Waals surface area contributed by atoms with Crippen molar-refractivity contribution in [2.24, 2.45) is 5.41 Å². The van der Waals surface area contributed by atoms with E-state index < -0.39 is 21.2 Å². The molecule has 1 rings (SSSR count). The van der Waals surface area contributed by atoms with Gasteiger partial charge in [-0.25, -0.2) is 8.42 Å². The summed E-state index contributed by atoms with van der Waals surface area (Å²) in [4.78, 5) is 10.5. The molecule has 14 heavy (non-hydrogen) atoms. The molecule has 0 aliphatic heterocycles. The van der Waals surface area contributed by atoms with Crippen molar-refractivity contribution in [3.05, 3.63) is 0 Å². The molecule has 0 radical (unpaired) electrons. The Bertz CT molecular complexity index is 315. The standard InChI is InChI=1S/C8H14O5S/c1-13-6-14(11,12)5-8(2-3-8)4-7(9)10/h2-6H2,1H3,(H,9,10). The summed E-state index contributed by atoms with van der Waals surface area (Å²) in [5.74, 6) is -1.33. The van der Waals surface area contributed by atoms with Gasteiger partial charge in [0.15, 0.2) is 9.84 Å². The quantitative estimate of drug-likeness (QED) is 0.697. The number of hydrogen-bond acceptors (Lipinski definition) is 4. The largest absolute Gasteiger partial charge is 0.481 e. The normalized spacial score (nSPS) is 19.2. The van der Waals surface area contributed by atoms with Crippen molar-refractivity contribution in [3.63, 3.8) is 0 Å². The van der Waals surface area contributed by atoms with Gasteiger partial charge in [-0.2, -0.15) is 0 Å². The lowest BCUT2D eigenvalue weighted by Crippen LogP contribution is -2.23. The van der Waals surface area contributed by atoms with Gasteiger partial charge in [0.2, 0.25) is 0 Å². The van der Waals surface area contributed by atoms with E-state index in [2.05, 4.69) is 4.74 Å². The minimum atomic E-state index is -3.26. The highest BCUT2D eigenvalue weighted by Crippen LogP contribution is 2.49. The van der Waals surface area contributed by atoms with E-state index in [1.165, 1.54) is 7.11 Å². The Morgan fingerprint density at radius 1 is 1.50 bits per heavy atom. The molecule has 0 atom stereocenters. The lowest BCUT2D eigenvalue weighted by atomic mass is 10.1. The van der Waals surface area contributed by atoms with Gasteiger partial charge in [0.05, 0.1) is 12.2 Å². The molecule has 0 heterocycles. The number of aliphatic carboxylic acids is 1. The average Bonchev–Trinajstić information content (AvgIpc) is 2.64. The highest BCUT2D eigenvalue weighted by molar-refractivity contribution is 7.91. The summed E-state index contributed by atoms with van der Waals surface area (Å²) in [6.45, 7) is 0. The Kier molecular flexibility index (Phi) is 3.16. The Morgan fingerprint density at radius 3 is 2.43 bits per heavy atom. The molecule has 82 valence electrons. The van der Waals surface area contributed by atoms with Gasteiger partial charge in [-0.1, -0.05) is 0 Å². The molecule has 6 heteroatoms. The SMILES string of the molecule is COCS(=O)(=O)CC1(CC(=O)O)CC1. The van der Waals surface area contributed by atoms with E-state index >= 15 is 0 Å². The summed E-state index contributed by atoms with van der Waals surface area (Å²) in [5, 5.41) is 8.59. The van der Waals surface area contributed by atoms with Gasteiger partial charge >= 0.3 is 5.97 Å². The third-order valence-electron chi connectivity index (χ3n) is 2.31. The summed E-state index contributed by atoms with van der Waals surface area (Å²) >= 11 is 0. The van der Waals surface area contributed by atoms with Crippen LogP contribution in [0, 0.1) is 5.41 Å². The van der Waals surface area contributed by atoms with Crippen LogP contribution in [0.15, 0.2) is 0 Å². The molecular formula is C8H14O5S. The van der Waals surface area contributed by atoms with Crippen LogP contribution in [0.2, 0.25) is 0 Å². The Labute approximate surface area is 83.0 Å². The number of sulfone groups is 1. The highest BCUT2D eigenvalue weighted by atomic mass is 32.2. The van der Waals surface area contributed by atoms with E-state index in [4.69, 9.17) is 5.11 Å². The fraction of sp³-hybridized carbons (Fsp3) is 0.875. The van der Waals surface area contributed by atoms with E-state index in [0.717, 1.165) is 0 Å². The zero-order valence-corrected chi connectivity index (χ0v) is 8.84. The maximum absolute atomic E-state index is 11.3. The van der Waals surface area contributed by atoms with E-state index in [0.29, 0.717) is 12.8 Å². The predicted molar refractivity (Wildman–Crippen MR) is 49.6 cm³/mol. The summed E-state index contributed by atoms with van der Waals surface area (Å²) < 4.78 is 27.2. The Hall–Kier alpha value is -0.620. The van der Waals surface area contributed by atoms with Gasteiger partial charge < -0.3 is 9.84 Å². The molecule has 0 spiro atoms. The topological polar surface area (TPSA) is 80.7 Å². The van der Waals surface area contributed by atoms with Crippen LogP contribution in [-0.2, 0) is 19.4 Å². The van der Waals surface area contributed by atoms with Crippen LogP contribution in [0.4, 0.5) is 0 Å². The second-order valence-electron chi connectivity index (χ2n) is 3.86. The zero-order chi connectivity index (χ0) is 10.8. The molecule has 1 aliphatic carbocycles. The molecule has 1 fully saturated rings. The second-order valence-corrected chi connectivity index (χ2v) is 5.88. The van der Waals surface area contributed by atoms with E-state index in [-0.39, 0.29) is 18.1 Å². The smallest absolute Gasteiger partial charge is 0.303 e. The van der Waals surface area contributed by atoms with Gasteiger partial charge in [0.25, 0.3) is 0 Å². The monoisotopic (exact) mass is 222 g/mol. The highest BCUT2D eigenvalue weighted by Gasteiger charge is 2.47. The molecule has 1 N–H and O–H groups in total. The molecule has 0 saturated heterocycles. The van der Waals surface area contributed by atoms with Gasteiger partial charge in [-0.05, 0) is 18.3 Å². The fourth-order valence-electron chi connectivity index (χ4n) is 1.56. The molecule has 0 unspecified atom stereocenters. The van der Waals surface area contributed by atoms with Crippen molar-refractivity contribution in [1.29, 1.82) is 0 Å². The molecule has 0 aromatic carbocycles. The van der Waals surface area contributed by atoms with Crippen molar-refractivity contribution >= 4 is 15.8 Å². The lowest BCUT2D eigenvalue weighted by Gasteiger charge is -2.11. The Morgan fingerprint density at radius 2 is 2.07 bits per heavy atom. The minimum Gasteiger partial charge on any atom is -0.481 e. The van der Waals surface area contributed by atoms with Crippen molar-refractivity contribution in [3.8, 4) is 0 Å². The van der Waals surface area contributed by atoms with E-state index in [1.54, 1.807) is 0 Å². The molecule has 5 nitrogen and oxygen atoms in total. The number of hydrogen-bond donors (Lipinski definition) is 1. The second kappa shape index (κ2) is 3.86. The van der Waals surface area contributed by atoms with Crippen molar-refractivity contribution in [2.75, 3.05) is 18.8 Å². The van der Waals surface area contributed by atoms with Crippen LogP contribution < -0.4 is 0 Å². The first-order valence-electron chi connectivity index (χ1n) is 4.30. The molecule has 1 aliphatic rings. The van der Waals surface area contributed by atoms with Crippen LogP contribution in [-0.4, -0.2) is 38.3 Å². The number of ether oxygens (including phenoxy) is 1. The predicted octanol–water partition coefficient (Wildman–Crippen LogP) is 0.260. The first-order valence-corrected chi connectivity index (χ1v) is 6.12. The van der Waals surface area contributed by atoms with Crippen molar-refractivity contribution < 1.29 is 23.1 Å². The average molecular weight is 222 g/mol. The first kappa shape index (κ1) is 11.5. The third kappa shape index (κ3) is 3.26. The van der Waals surface area contributed by atoms with Crippen molar-refractivity contribution in [1.82, 2.24) is 0 Å². The minimum absolute atomic E-state index is 0.0596. The fourth-order valence-corrected chi connectivity index (χ4v) is 3.32. The zero-order valence-electron chi connectivity index (χ0n) is 8.02. The molecular weight excluding hydrogens is 208 g/mol. The maximum Gasteiger partial charge on any atom is 0.303 e. The van der Waals surface area contributed by atoms with Crippen LogP contribution in [0.5, 0.6) is 0 Å². The van der Waals surface area contributed by atoms with Gasteiger partial charge in [0.1, 0.15) is 5.94 Å². The van der Waals surface area contributed by atoms with Gasteiger partial charge in [-0.15, -0.1) is 0 Å². The van der Waals surface area contributed by atoms with Gasteiger partial charge in [-0.3, -0.25) is 4.79 Å². The van der Waals surface area contributed by atoms with Crippen LogP contribution in [0.1, 0.15) is 19.3 Å². The van der Waals surface area contributed by atoms with Crippen LogP contribution >= 0.6 is 0 Å². The number of carboxylic acid groups (broad SMARTS) is 1. The summed E-state index contributed by atoms with van der Waals surface area (Å²) in [6.07, 6.45) is 1.31.